The first-order valence-electron chi connectivity index (χ1n) is 25.2. The van der Waals surface area contributed by atoms with E-state index in [1.165, 1.54) is 5.56 Å². The molecule has 0 aliphatic heterocycles. The van der Waals surface area contributed by atoms with Gasteiger partial charge in [-0.2, -0.15) is 15.8 Å². The Morgan fingerprint density at radius 1 is 0.291 bits per heavy atom. The zero-order chi connectivity index (χ0) is 53.0. The molecule has 0 unspecified atom stereocenters. The number of hydrogen-bond donors (Lipinski definition) is 0. The van der Waals surface area contributed by atoms with E-state index >= 15 is 0 Å². The number of pyridine rings is 3. The van der Waals surface area contributed by atoms with Gasteiger partial charge in [-0.3, -0.25) is 0 Å². The Morgan fingerprint density at radius 3 is 1.23 bits per heavy atom. The van der Waals surface area contributed by atoms with Crippen molar-refractivity contribution in [3.8, 4) is 130 Å². The topological polar surface area (TPSA) is 110 Å². The zero-order valence-electron chi connectivity index (χ0n) is 42.3. The third kappa shape index (κ3) is 11.7. The van der Waals surface area contributed by atoms with Crippen molar-refractivity contribution in [3.63, 3.8) is 0 Å². The van der Waals surface area contributed by atoms with Gasteiger partial charge in [-0.05, 0) is 126 Å². The Balaban J connectivity index is 0.000000408. The molecule has 12 aromatic rings. The molecular formula is C72H43IrN6. The zero-order valence-corrected chi connectivity index (χ0v) is 44.7. The van der Waals surface area contributed by atoms with Crippen LogP contribution < -0.4 is 0 Å². The van der Waals surface area contributed by atoms with E-state index in [-0.39, 0.29) is 20.1 Å². The molecule has 0 fully saturated rings. The molecule has 0 amide bonds. The molecule has 9 aromatic carbocycles. The maximum Gasteiger partial charge on any atom is 3.00 e. The quantitative estimate of drug-likeness (QED) is 0.126. The maximum atomic E-state index is 10.7. The van der Waals surface area contributed by atoms with Gasteiger partial charge in [0.25, 0.3) is 0 Å². The summed E-state index contributed by atoms with van der Waals surface area (Å²) in [6.07, 6.45) is 5.28. The van der Waals surface area contributed by atoms with E-state index in [9.17, 15) is 10.5 Å². The first kappa shape index (κ1) is 52.0. The number of aromatic nitrogens is 3. The maximum absolute atomic E-state index is 10.7. The summed E-state index contributed by atoms with van der Waals surface area (Å²) in [6, 6.07) is 97.5. The fourth-order valence-electron chi connectivity index (χ4n) is 9.56. The van der Waals surface area contributed by atoms with Gasteiger partial charge in [0.2, 0.25) is 0 Å². The Morgan fingerprint density at radius 2 is 0.722 bits per heavy atom. The van der Waals surface area contributed by atoms with Gasteiger partial charge in [0.15, 0.2) is 0 Å². The molecule has 0 spiro atoms. The monoisotopic (exact) mass is 1180 g/mol. The molecule has 12 rings (SSSR count). The van der Waals surface area contributed by atoms with Crippen LogP contribution in [0.15, 0.2) is 261 Å². The van der Waals surface area contributed by atoms with E-state index in [0.717, 1.165) is 106 Å². The summed E-state index contributed by atoms with van der Waals surface area (Å²) < 4.78 is 0. The van der Waals surface area contributed by atoms with Crippen LogP contribution in [0.3, 0.4) is 0 Å². The molecule has 79 heavy (non-hydrogen) atoms. The fraction of sp³-hybridized carbons (Fsp3) is 0. The average Bonchev–Trinajstić information content (AvgIpc) is 3.58. The molecule has 0 N–H and O–H groups in total. The molecule has 0 radical (unpaired) electrons. The van der Waals surface area contributed by atoms with E-state index in [4.69, 9.17) is 10.2 Å². The van der Waals surface area contributed by atoms with E-state index in [2.05, 4.69) is 143 Å². The van der Waals surface area contributed by atoms with Gasteiger partial charge >= 0.3 is 20.1 Å². The predicted molar refractivity (Wildman–Crippen MR) is 311 cm³/mol. The van der Waals surface area contributed by atoms with Crippen LogP contribution in [-0.4, -0.2) is 15.0 Å². The van der Waals surface area contributed by atoms with Crippen molar-refractivity contribution in [1.29, 1.82) is 15.8 Å². The molecule has 0 saturated heterocycles. The fourth-order valence-corrected chi connectivity index (χ4v) is 9.56. The van der Waals surface area contributed by atoms with Crippen LogP contribution >= 0.6 is 0 Å². The van der Waals surface area contributed by atoms with Crippen LogP contribution in [0.25, 0.3) is 112 Å². The number of nitrogens with zero attached hydrogens (tertiary/aromatic N) is 6. The number of nitriles is 3. The molecule has 370 valence electrons. The smallest absolute Gasteiger partial charge is 0.305 e. The molecule has 0 saturated carbocycles. The van der Waals surface area contributed by atoms with Gasteiger partial charge < -0.3 is 15.0 Å². The van der Waals surface area contributed by atoms with Crippen LogP contribution in [-0.2, 0) is 20.1 Å². The van der Waals surface area contributed by atoms with Crippen molar-refractivity contribution in [2.45, 2.75) is 0 Å². The second-order valence-corrected chi connectivity index (χ2v) is 18.2. The van der Waals surface area contributed by atoms with E-state index < -0.39 is 0 Å². The van der Waals surface area contributed by atoms with Crippen LogP contribution in [0.4, 0.5) is 0 Å². The van der Waals surface area contributed by atoms with Gasteiger partial charge in [-0.15, -0.1) is 77.4 Å². The summed E-state index contributed by atoms with van der Waals surface area (Å²) in [5.41, 5.74) is 20.3. The van der Waals surface area contributed by atoms with Crippen LogP contribution in [0.1, 0.15) is 16.7 Å². The Labute approximate surface area is 473 Å². The van der Waals surface area contributed by atoms with Crippen molar-refractivity contribution in [3.05, 3.63) is 296 Å². The standard InChI is InChI=1S/C60H36N4.C12H7N2.Ir/c61-39-51-33-46(59-21-11-12-31-63-59)26-28-55(51)57-19-9-7-17-53(57)49-35-48(42-15-5-2-6-16-42)36-50(37-49)54-18-8-10-20-58(54)56-29-27-47(34-52(56)40-62)60-38-45(30-32-64-60)44-24-22-43(23-25-44)41-13-3-1-4-14-41;13-9-10-4-3-5-11(8-10)12-6-1-2-7-14-12;/h1-25,28-38H;1-4,6-8H;/q-2;-1;+3. The summed E-state index contributed by atoms with van der Waals surface area (Å²) >= 11 is 0. The SMILES string of the molecule is N#Cc1cc(-c2ccccn2)[c-]cc1-c1ccccc1-c1cc(-c2ccccc2)cc(-c2ccccc2-c2c[c-]c(-c3cc(-c4ccc(-c5ccccc5)cc4)ccn3)cc2C#N)c1.N#Cc1cc[c-]c(-c2ccccn2)c1.[Ir+3]. The summed E-state index contributed by atoms with van der Waals surface area (Å²) in [5, 5.41) is 29.9. The normalized spacial score (nSPS) is 10.4. The minimum Gasteiger partial charge on any atom is -0.305 e. The van der Waals surface area contributed by atoms with Crippen molar-refractivity contribution in [2.75, 3.05) is 0 Å². The molecule has 3 aromatic heterocycles. The third-order valence-electron chi connectivity index (χ3n) is 13.4. The molecule has 0 atom stereocenters. The van der Waals surface area contributed by atoms with Crippen LogP contribution in [0.2, 0.25) is 0 Å². The van der Waals surface area contributed by atoms with Gasteiger partial charge in [0.05, 0.1) is 18.2 Å². The van der Waals surface area contributed by atoms with Crippen molar-refractivity contribution >= 4 is 0 Å². The van der Waals surface area contributed by atoms with Crippen LogP contribution in [0.5, 0.6) is 0 Å². The van der Waals surface area contributed by atoms with Crippen molar-refractivity contribution < 1.29 is 20.1 Å². The Kier molecular flexibility index (Phi) is 16.1. The molecule has 3 heterocycles. The first-order chi connectivity index (χ1) is 38.5. The summed E-state index contributed by atoms with van der Waals surface area (Å²) in [7, 11) is 0. The molecule has 0 aliphatic rings. The van der Waals surface area contributed by atoms with Gasteiger partial charge in [-0.25, -0.2) is 0 Å². The largest absolute Gasteiger partial charge is 3.00 e. The number of hydrogen-bond acceptors (Lipinski definition) is 6. The molecule has 6 nitrogen and oxygen atoms in total. The summed E-state index contributed by atoms with van der Waals surface area (Å²) in [6.45, 7) is 0. The number of benzene rings is 9. The van der Waals surface area contributed by atoms with Crippen LogP contribution in [0, 0.1) is 52.2 Å². The second kappa shape index (κ2) is 24.5. The third-order valence-corrected chi connectivity index (χ3v) is 13.4. The van der Waals surface area contributed by atoms with Gasteiger partial charge in [0, 0.05) is 18.6 Å². The van der Waals surface area contributed by atoms with Gasteiger partial charge in [-0.1, -0.05) is 186 Å². The number of rotatable bonds is 10. The Hall–Kier alpha value is -10.5. The summed E-state index contributed by atoms with van der Waals surface area (Å²) in [4.78, 5) is 13.4. The molecule has 0 aliphatic carbocycles. The van der Waals surface area contributed by atoms with E-state index in [1.54, 1.807) is 30.6 Å². The van der Waals surface area contributed by atoms with Gasteiger partial charge in [0.1, 0.15) is 0 Å². The minimum atomic E-state index is 0. The predicted octanol–water partition coefficient (Wildman–Crippen LogP) is 17.2. The molecule has 0 bridgehead atoms. The molecule has 7 heteroatoms. The second-order valence-electron chi connectivity index (χ2n) is 18.2. The first-order valence-corrected chi connectivity index (χ1v) is 25.2. The van der Waals surface area contributed by atoms with E-state index in [1.807, 2.05) is 134 Å². The average molecular weight is 1180 g/mol. The van der Waals surface area contributed by atoms with Crippen molar-refractivity contribution in [2.24, 2.45) is 0 Å². The minimum absolute atomic E-state index is 0. The Bertz CT molecular complexity index is 4220. The van der Waals surface area contributed by atoms with Crippen molar-refractivity contribution in [1.82, 2.24) is 15.0 Å². The molecular weight excluding hydrogens is 1140 g/mol. The van der Waals surface area contributed by atoms with E-state index in [0.29, 0.717) is 16.7 Å². The summed E-state index contributed by atoms with van der Waals surface area (Å²) in [5.74, 6) is 0.